The highest BCUT2D eigenvalue weighted by molar-refractivity contribution is 14.0. The Morgan fingerprint density at radius 1 is 1.00 bits per heavy atom. The zero-order valence-corrected chi connectivity index (χ0v) is 21.6. The lowest BCUT2D eigenvalue weighted by molar-refractivity contribution is 0.477. The van der Waals surface area contributed by atoms with Crippen molar-refractivity contribution in [1.29, 1.82) is 0 Å². The number of hydrogen-bond acceptors (Lipinski definition) is 3. The molecule has 2 aromatic rings. The number of guanidine groups is 1. The average Bonchev–Trinajstić information content (AvgIpc) is 3.31. The minimum absolute atomic E-state index is 0. The fraction of sp³-hybridized carbons (Fsp3) is 0.435. The molecule has 31 heavy (non-hydrogen) atoms. The first-order chi connectivity index (χ1) is 14.3. The SMILES string of the molecule is CN=C(NCc1ccc(S(=O)(=O)N2CCCC2)cc1)NCC(C)(C)c1ccccc1.I. The summed E-state index contributed by atoms with van der Waals surface area (Å²) in [6, 6.07) is 17.5. The number of nitrogens with zero attached hydrogens (tertiary/aromatic N) is 2. The predicted molar refractivity (Wildman–Crippen MR) is 138 cm³/mol. The van der Waals surface area contributed by atoms with Gasteiger partial charge in [-0.2, -0.15) is 4.31 Å². The molecule has 0 bridgehead atoms. The van der Waals surface area contributed by atoms with Crippen molar-refractivity contribution < 1.29 is 8.42 Å². The molecule has 170 valence electrons. The Morgan fingerprint density at radius 2 is 1.61 bits per heavy atom. The van der Waals surface area contributed by atoms with Crippen molar-refractivity contribution in [1.82, 2.24) is 14.9 Å². The molecule has 2 aromatic carbocycles. The van der Waals surface area contributed by atoms with Gasteiger partial charge in [0.2, 0.25) is 10.0 Å². The normalized spacial score (nSPS) is 15.4. The standard InChI is InChI=1S/C23H32N4O2S.HI/c1-23(2,20-9-5-4-6-10-20)18-26-22(24-3)25-17-19-11-13-21(14-12-19)30(28,29)27-15-7-8-16-27;/h4-6,9-14H,7-8,15-18H2,1-3H3,(H2,24,25,26);1H. The molecule has 0 aliphatic carbocycles. The summed E-state index contributed by atoms with van der Waals surface area (Å²) in [6.45, 7) is 6.93. The van der Waals surface area contributed by atoms with E-state index in [9.17, 15) is 8.42 Å². The van der Waals surface area contributed by atoms with Gasteiger partial charge in [0.1, 0.15) is 0 Å². The van der Waals surface area contributed by atoms with Crippen LogP contribution in [-0.4, -0.2) is 45.4 Å². The molecule has 0 saturated carbocycles. The summed E-state index contributed by atoms with van der Waals surface area (Å²) in [4.78, 5) is 4.66. The highest BCUT2D eigenvalue weighted by Crippen LogP contribution is 2.22. The number of benzene rings is 2. The van der Waals surface area contributed by atoms with E-state index in [4.69, 9.17) is 0 Å². The molecule has 1 aliphatic heterocycles. The summed E-state index contributed by atoms with van der Waals surface area (Å²) < 4.78 is 26.8. The van der Waals surface area contributed by atoms with E-state index in [1.54, 1.807) is 23.5 Å². The van der Waals surface area contributed by atoms with Gasteiger partial charge in [0.25, 0.3) is 0 Å². The molecule has 1 aliphatic rings. The first kappa shape index (κ1) is 25.6. The number of rotatable bonds is 7. The largest absolute Gasteiger partial charge is 0.356 e. The average molecular weight is 557 g/mol. The minimum Gasteiger partial charge on any atom is -0.356 e. The Balaban J connectivity index is 0.00000341. The van der Waals surface area contributed by atoms with Crippen LogP contribution in [0.4, 0.5) is 0 Å². The molecule has 0 aromatic heterocycles. The molecular weight excluding hydrogens is 523 g/mol. The highest BCUT2D eigenvalue weighted by Gasteiger charge is 2.27. The molecule has 1 heterocycles. The van der Waals surface area contributed by atoms with Crippen molar-refractivity contribution in [3.05, 3.63) is 65.7 Å². The van der Waals surface area contributed by atoms with E-state index in [1.807, 2.05) is 18.2 Å². The van der Waals surface area contributed by atoms with Crippen molar-refractivity contribution in [3.8, 4) is 0 Å². The number of hydrogen-bond donors (Lipinski definition) is 2. The maximum atomic E-state index is 12.6. The van der Waals surface area contributed by atoms with Crippen LogP contribution in [0.1, 0.15) is 37.8 Å². The third kappa shape index (κ3) is 6.66. The summed E-state index contributed by atoms with van der Waals surface area (Å²) in [7, 11) is -1.62. The van der Waals surface area contributed by atoms with Crippen molar-refractivity contribution in [2.75, 3.05) is 26.7 Å². The summed E-state index contributed by atoms with van der Waals surface area (Å²) in [5.74, 6) is 0.716. The van der Waals surface area contributed by atoms with E-state index in [-0.39, 0.29) is 29.4 Å². The second-order valence-corrected chi connectivity index (χ2v) is 10.2. The van der Waals surface area contributed by atoms with Gasteiger partial charge in [-0.3, -0.25) is 4.99 Å². The lowest BCUT2D eigenvalue weighted by Crippen LogP contribution is -2.43. The van der Waals surface area contributed by atoms with Crippen LogP contribution in [0.3, 0.4) is 0 Å². The van der Waals surface area contributed by atoms with Gasteiger partial charge in [-0.15, -0.1) is 24.0 Å². The van der Waals surface area contributed by atoms with E-state index < -0.39 is 10.0 Å². The van der Waals surface area contributed by atoms with E-state index in [0.717, 1.165) is 24.9 Å². The molecule has 3 rings (SSSR count). The Kier molecular flexibility index (Phi) is 9.32. The molecule has 1 fully saturated rings. The van der Waals surface area contributed by atoms with E-state index >= 15 is 0 Å². The molecule has 1 saturated heterocycles. The molecule has 2 N–H and O–H groups in total. The van der Waals surface area contributed by atoms with Gasteiger partial charge in [0.05, 0.1) is 4.90 Å². The molecule has 0 atom stereocenters. The second kappa shape index (κ2) is 11.3. The predicted octanol–water partition coefficient (Wildman–Crippen LogP) is 3.73. The van der Waals surface area contributed by atoms with Crippen molar-refractivity contribution in [2.24, 2.45) is 4.99 Å². The number of aliphatic imine (C=N–C) groups is 1. The fourth-order valence-electron chi connectivity index (χ4n) is 3.56. The molecule has 0 radical (unpaired) electrons. The first-order valence-corrected chi connectivity index (χ1v) is 11.9. The third-order valence-electron chi connectivity index (χ3n) is 5.56. The number of nitrogens with one attached hydrogen (secondary N) is 2. The third-order valence-corrected chi connectivity index (χ3v) is 7.48. The number of sulfonamides is 1. The van der Waals surface area contributed by atoms with E-state index in [0.29, 0.717) is 30.5 Å². The van der Waals surface area contributed by atoms with Crippen LogP contribution in [-0.2, 0) is 22.0 Å². The highest BCUT2D eigenvalue weighted by atomic mass is 127. The Labute approximate surface area is 203 Å². The molecule has 0 unspecified atom stereocenters. The zero-order chi connectivity index (χ0) is 21.6. The zero-order valence-electron chi connectivity index (χ0n) is 18.5. The summed E-state index contributed by atoms with van der Waals surface area (Å²) in [6.07, 6.45) is 1.88. The Bertz CT molecular complexity index is 955. The van der Waals surface area contributed by atoms with Crippen molar-refractivity contribution >= 4 is 40.0 Å². The lowest BCUT2D eigenvalue weighted by Gasteiger charge is -2.26. The van der Waals surface area contributed by atoms with Gasteiger partial charge in [-0.25, -0.2) is 8.42 Å². The van der Waals surface area contributed by atoms with Gasteiger partial charge in [-0.1, -0.05) is 56.3 Å². The minimum atomic E-state index is -3.37. The van der Waals surface area contributed by atoms with Crippen LogP contribution in [0.5, 0.6) is 0 Å². The van der Waals surface area contributed by atoms with Gasteiger partial charge in [-0.05, 0) is 36.1 Å². The smallest absolute Gasteiger partial charge is 0.243 e. The van der Waals surface area contributed by atoms with Gasteiger partial charge in [0, 0.05) is 38.6 Å². The first-order valence-electron chi connectivity index (χ1n) is 10.4. The lowest BCUT2D eigenvalue weighted by atomic mass is 9.85. The van der Waals surface area contributed by atoms with E-state index in [1.165, 1.54) is 5.56 Å². The second-order valence-electron chi connectivity index (χ2n) is 8.28. The molecule has 8 heteroatoms. The van der Waals surface area contributed by atoms with Crippen LogP contribution >= 0.6 is 24.0 Å². The Morgan fingerprint density at radius 3 is 2.19 bits per heavy atom. The quantitative estimate of drug-likeness (QED) is 0.310. The van der Waals surface area contributed by atoms with E-state index in [2.05, 4.69) is 53.7 Å². The van der Waals surface area contributed by atoms with Crippen LogP contribution in [0.25, 0.3) is 0 Å². The maximum Gasteiger partial charge on any atom is 0.243 e. The van der Waals surface area contributed by atoms with Crippen LogP contribution in [0.2, 0.25) is 0 Å². The number of halogens is 1. The molecule has 0 spiro atoms. The summed E-state index contributed by atoms with van der Waals surface area (Å²) >= 11 is 0. The van der Waals surface area contributed by atoms with Crippen LogP contribution < -0.4 is 10.6 Å². The topological polar surface area (TPSA) is 73.8 Å². The van der Waals surface area contributed by atoms with Gasteiger partial charge < -0.3 is 10.6 Å². The van der Waals surface area contributed by atoms with Crippen LogP contribution in [0.15, 0.2) is 64.5 Å². The Hall–Kier alpha value is -1.65. The van der Waals surface area contributed by atoms with Crippen molar-refractivity contribution in [3.63, 3.8) is 0 Å². The maximum absolute atomic E-state index is 12.6. The van der Waals surface area contributed by atoms with Crippen LogP contribution in [0, 0.1) is 0 Å². The monoisotopic (exact) mass is 556 g/mol. The summed E-state index contributed by atoms with van der Waals surface area (Å²) in [5, 5.41) is 6.69. The molecule has 6 nitrogen and oxygen atoms in total. The molecular formula is C23H33IN4O2S. The van der Waals surface area contributed by atoms with Gasteiger partial charge >= 0.3 is 0 Å². The molecule has 0 amide bonds. The van der Waals surface area contributed by atoms with Gasteiger partial charge in [0.15, 0.2) is 5.96 Å². The fourth-order valence-corrected chi connectivity index (χ4v) is 5.08. The van der Waals surface area contributed by atoms with Crippen molar-refractivity contribution in [2.45, 2.75) is 43.5 Å². The summed E-state index contributed by atoms with van der Waals surface area (Å²) in [5.41, 5.74) is 2.23.